The van der Waals surface area contributed by atoms with Crippen LogP contribution in [-0.2, 0) is 7.05 Å². The van der Waals surface area contributed by atoms with E-state index in [1.165, 1.54) is 16.7 Å². The second kappa shape index (κ2) is 5.75. The SMILES string of the molecule is Cn1c(-c2cccc(F)c2F)nc2c(N)nc(C#CC3(O)CCC3)nc21. The van der Waals surface area contributed by atoms with Crippen molar-refractivity contribution >= 4 is 17.0 Å². The number of rotatable bonds is 1. The van der Waals surface area contributed by atoms with E-state index in [0.717, 1.165) is 12.5 Å². The molecule has 0 unspecified atom stereocenters. The molecule has 1 aliphatic rings. The molecule has 3 N–H and O–H groups in total. The molecular formula is C18H15F2N5O. The molecule has 26 heavy (non-hydrogen) atoms. The van der Waals surface area contributed by atoms with Gasteiger partial charge in [-0.3, -0.25) is 0 Å². The fourth-order valence-corrected chi connectivity index (χ4v) is 2.86. The molecule has 132 valence electrons. The molecule has 0 aliphatic heterocycles. The Morgan fingerprint density at radius 2 is 2.00 bits per heavy atom. The Bertz CT molecular complexity index is 1090. The number of anilines is 1. The van der Waals surface area contributed by atoms with Crippen molar-refractivity contribution in [1.82, 2.24) is 19.5 Å². The van der Waals surface area contributed by atoms with Gasteiger partial charge in [0, 0.05) is 7.05 Å². The summed E-state index contributed by atoms with van der Waals surface area (Å²) in [6, 6.07) is 3.86. The topological polar surface area (TPSA) is 89.9 Å². The van der Waals surface area contributed by atoms with Crippen LogP contribution in [0.25, 0.3) is 22.6 Å². The zero-order valence-corrected chi connectivity index (χ0v) is 13.9. The minimum Gasteiger partial charge on any atom is -0.382 e. The lowest BCUT2D eigenvalue weighted by Gasteiger charge is -2.30. The van der Waals surface area contributed by atoms with Gasteiger partial charge < -0.3 is 15.4 Å². The molecule has 1 fully saturated rings. The summed E-state index contributed by atoms with van der Waals surface area (Å²) in [7, 11) is 1.62. The molecule has 8 heteroatoms. The van der Waals surface area contributed by atoms with Gasteiger partial charge in [-0.2, -0.15) is 0 Å². The highest BCUT2D eigenvalue weighted by Crippen LogP contribution is 2.31. The van der Waals surface area contributed by atoms with Gasteiger partial charge in [0.15, 0.2) is 28.6 Å². The fraction of sp³-hybridized carbons (Fsp3) is 0.278. The number of imidazole rings is 1. The second-order valence-electron chi connectivity index (χ2n) is 6.34. The lowest BCUT2D eigenvalue weighted by molar-refractivity contribution is 0.0239. The summed E-state index contributed by atoms with van der Waals surface area (Å²) >= 11 is 0. The minimum atomic E-state index is -0.996. The number of hydrogen-bond acceptors (Lipinski definition) is 5. The van der Waals surface area contributed by atoms with Crippen LogP contribution < -0.4 is 5.73 Å². The highest BCUT2D eigenvalue weighted by atomic mass is 19.2. The number of aliphatic hydroxyl groups is 1. The van der Waals surface area contributed by atoms with E-state index >= 15 is 0 Å². The zero-order chi connectivity index (χ0) is 18.5. The highest BCUT2D eigenvalue weighted by Gasteiger charge is 2.32. The van der Waals surface area contributed by atoms with Crippen molar-refractivity contribution in [3.05, 3.63) is 35.7 Å². The van der Waals surface area contributed by atoms with Crippen molar-refractivity contribution in [2.45, 2.75) is 24.9 Å². The van der Waals surface area contributed by atoms with Gasteiger partial charge in [-0.05, 0) is 37.3 Å². The third kappa shape index (κ3) is 2.57. The quantitative estimate of drug-likeness (QED) is 0.653. The van der Waals surface area contributed by atoms with E-state index in [1.54, 1.807) is 7.05 Å². The number of aryl methyl sites for hydroxylation is 1. The van der Waals surface area contributed by atoms with Crippen molar-refractivity contribution in [3.63, 3.8) is 0 Å². The van der Waals surface area contributed by atoms with E-state index in [2.05, 4.69) is 26.8 Å². The molecule has 1 aromatic carbocycles. The Morgan fingerprint density at radius 3 is 2.69 bits per heavy atom. The first kappa shape index (κ1) is 16.4. The first-order valence-corrected chi connectivity index (χ1v) is 8.08. The molecule has 3 aromatic rings. The van der Waals surface area contributed by atoms with Crippen LogP contribution in [0.1, 0.15) is 25.1 Å². The van der Waals surface area contributed by atoms with Crippen molar-refractivity contribution in [2.24, 2.45) is 7.05 Å². The molecule has 4 rings (SSSR count). The first-order chi connectivity index (χ1) is 12.4. The molecule has 0 radical (unpaired) electrons. The van der Waals surface area contributed by atoms with Crippen LogP contribution in [0.4, 0.5) is 14.6 Å². The number of benzene rings is 1. The summed E-state index contributed by atoms with van der Waals surface area (Å²) in [6.45, 7) is 0. The number of hydrogen-bond donors (Lipinski definition) is 2. The molecule has 0 bridgehead atoms. The van der Waals surface area contributed by atoms with Crippen molar-refractivity contribution in [2.75, 3.05) is 5.73 Å². The fourth-order valence-electron chi connectivity index (χ4n) is 2.86. The van der Waals surface area contributed by atoms with Crippen molar-refractivity contribution < 1.29 is 13.9 Å². The molecule has 1 aliphatic carbocycles. The molecule has 0 spiro atoms. The second-order valence-corrected chi connectivity index (χ2v) is 6.34. The molecule has 2 aromatic heterocycles. The first-order valence-electron chi connectivity index (χ1n) is 8.08. The zero-order valence-electron chi connectivity index (χ0n) is 13.9. The van der Waals surface area contributed by atoms with E-state index in [0.29, 0.717) is 18.5 Å². The number of nitrogens with zero attached hydrogens (tertiary/aromatic N) is 4. The Morgan fingerprint density at radius 1 is 1.23 bits per heavy atom. The van der Waals surface area contributed by atoms with Crippen LogP contribution in [0, 0.1) is 23.5 Å². The van der Waals surface area contributed by atoms with E-state index < -0.39 is 17.2 Å². The average Bonchev–Trinajstić information content (AvgIpc) is 2.91. The summed E-state index contributed by atoms with van der Waals surface area (Å²) < 4.78 is 29.2. The largest absolute Gasteiger partial charge is 0.382 e. The third-order valence-corrected chi connectivity index (χ3v) is 4.53. The van der Waals surface area contributed by atoms with Gasteiger partial charge in [0.25, 0.3) is 0 Å². The highest BCUT2D eigenvalue weighted by molar-refractivity contribution is 5.85. The number of nitrogen functional groups attached to an aromatic ring is 1. The van der Waals surface area contributed by atoms with Crippen LogP contribution >= 0.6 is 0 Å². The number of halogens is 2. The summed E-state index contributed by atoms with van der Waals surface area (Å²) in [5.74, 6) is 3.95. The summed E-state index contributed by atoms with van der Waals surface area (Å²) in [5.41, 5.74) is 5.58. The summed E-state index contributed by atoms with van der Waals surface area (Å²) in [4.78, 5) is 12.7. The van der Waals surface area contributed by atoms with Crippen LogP contribution in [0.5, 0.6) is 0 Å². The van der Waals surface area contributed by atoms with Crippen molar-refractivity contribution in [3.8, 4) is 23.2 Å². The predicted octanol–water partition coefficient (Wildman–Crippen LogP) is 2.16. The van der Waals surface area contributed by atoms with Crippen LogP contribution in [0.3, 0.4) is 0 Å². The monoisotopic (exact) mass is 355 g/mol. The lowest BCUT2D eigenvalue weighted by Crippen LogP contribution is -2.34. The maximum atomic E-state index is 14.1. The van der Waals surface area contributed by atoms with Gasteiger partial charge in [0.05, 0.1) is 5.56 Å². The van der Waals surface area contributed by atoms with Gasteiger partial charge in [-0.15, -0.1) is 0 Å². The molecule has 0 atom stereocenters. The normalized spacial score (nSPS) is 15.4. The Balaban J connectivity index is 1.85. The van der Waals surface area contributed by atoms with Crippen molar-refractivity contribution in [1.29, 1.82) is 0 Å². The molecule has 6 nitrogen and oxygen atoms in total. The van der Waals surface area contributed by atoms with Gasteiger partial charge in [0.2, 0.25) is 5.82 Å². The standard InChI is InChI=1S/C18H15F2N5O/c1-25-16(10-4-2-5-11(19)13(10)20)24-14-15(21)22-12(23-17(14)25)6-9-18(26)7-3-8-18/h2,4-5,26H,3,7-8H2,1H3,(H2,21,22,23). The molecule has 0 amide bonds. The minimum absolute atomic E-state index is 0.00122. The van der Waals surface area contributed by atoms with E-state index in [-0.39, 0.29) is 28.5 Å². The molecule has 2 heterocycles. The maximum absolute atomic E-state index is 14.1. The molecular weight excluding hydrogens is 340 g/mol. The van der Waals surface area contributed by atoms with Gasteiger partial charge in [-0.1, -0.05) is 12.0 Å². The maximum Gasteiger partial charge on any atom is 0.209 e. The number of aromatic nitrogens is 4. The smallest absolute Gasteiger partial charge is 0.209 e. The average molecular weight is 355 g/mol. The van der Waals surface area contributed by atoms with Gasteiger partial charge in [0.1, 0.15) is 11.4 Å². The molecule has 0 saturated heterocycles. The number of fused-ring (bicyclic) bond motifs is 1. The van der Waals surface area contributed by atoms with Gasteiger partial charge in [-0.25, -0.2) is 23.7 Å². The Hall–Kier alpha value is -3.05. The predicted molar refractivity (Wildman–Crippen MR) is 91.7 cm³/mol. The van der Waals surface area contributed by atoms with Crippen LogP contribution in [0.2, 0.25) is 0 Å². The van der Waals surface area contributed by atoms with E-state index in [1.807, 2.05) is 0 Å². The Labute approximate surface area is 147 Å². The summed E-state index contributed by atoms with van der Waals surface area (Å²) in [5, 5.41) is 10.1. The van der Waals surface area contributed by atoms with Gasteiger partial charge >= 0.3 is 0 Å². The van der Waals surface area contributed by atoms with E-state index in [4.69, 9.17) is 5.73 Å². The number of nitrogens with two attached hydrogens (primary N) is 1. The van der Waals surface area contributed by atoms with Crippen LogP contribution in [0.15, 0.2) is 18.2 Å². The third-order valence-electron chi connectivity index (χ3n) is 4.53. The lowest BCUT2D eigenvalue weighted by atomic mass is 9.81. The van der Waals surface area contributed by atoms with E-state index in [9.17, 15) is 13.9 Å². The molecule has 1 saturated carbocycles. The Kier molecular flexibility index (Phi) is 3.63. The summed E-state index contributed by atoms with van der Waals surface area (Å²) in [6.07, 6.45) is 2.16. The van der Waals surface area contributed by atoms with Crippen LogP contribution in [-0.4, -0.2) is 30.2 Å².